The molecule has 0 aliphatic rings. The second-order valence-electron chi connectivity index (χ2n) is 5.55. The Bertz CT molecular complexity index is 724. The predicted molar refractivity (Wildman–Crippen MR) is 91.1 cm³/mol. The lowest BCUT2D eigenvalue weighted by Gasteiger charge is -2.17. The molecule has 0 aliphatic carbocycles. The van der Waals surface area contributed by atoms with E-state index in [2.05, 4.69) is 0 Å². The van der Waals surface area contributed by atoms with Gasteiger partial charge in [-0.2, -0.15) is 0 Å². The summed E-state index contributed by atoms with van der Waals surface area (Å²) in [5.74, 6) is -0.513. The van der Waals surface area contributed by atoms with Crippen molar-refractivity contribution in [3.05, 3.63) is 53.1 Å². The maximum absolute atomic E-state index is 11.8. The summed E-state index contributed by atoms with van der Waals surface area (Å²) in [6.45, 7) is 4.34. The second kappa shape index (κ2) is 7.73. The summed E-state index contributed by atoms with van der Waals surface area (Å²) in [6, 6.07) is 10.4. The minimum atomic E-state index is -0.905. The average Bonchev–Trinajstić information content (AvgIpc) is 2.53. The van der Waals surface area contributed by atoms with Gasteiger partial charge in [0.05, 0.1) is 19.6 Å². The number of ether oxygens (including phenoxy) is 2. The highest BCUT2D eigenvalue weighted by Gasteiger charge is 2.23. The van der Waals surface area contributed by atoms with E-state index < -0.39 is 11.9 Å². The number of phenols is 1. The SMILES string of the molecule is CCOc1ccc(C(Cc2ccc(OC)c(O)c2)C(=O)O)c(C)c1. The Morgan fingerprint density at radius 1 is 1.21 bits per heavy atom. The molecule has 0 saturated carbocycles. The number of aryl methyl sites for hydroxylation is 1. The number of carboxylic acids is 1. The fourth-order valence-electron chi connectivity index (χ4n) is 2.72. The van der Waals surface area contributed by atoms with Crippen LogP contribution in [0.15, 0.2) is 36.4 Å². The van der Waals surface area contributed by atoms with Crippen LogP contribution in [0.25, 0.3) is 0 Å². The van der Waals surface area contributed by atoms with Gasteiger partial charge < -0.3 is 19.7 Å². The van der Waals surface area contributed by atoms with Gasteiger partial charge in [0.1, 0.15) is 5.75 Å². The monoisotopic (exact) mass is 330 g/mol. The van der Waals surface area contributed by atoms with Gasteiger partial charge >= 0.3 is 5.97 Å². The highest BCUT2D eigenvalue weighted by atomic mass is 16.5. The van der Waals surface area contributed by atoms with Crippen molar-refractivity contribution in [3.8, 4) is 17.2 Å². The van der Waals surface area contributed by atoms with Crippen molar-refractivity contribution in [3.63, 3.8) is 0 Å². The molecule has 128 valence electrons. The van der Waals surface area contributed by atoms with Crippen molar-refractivity contribution in [1.82, 2.24) is 0 Å². The summed E-state index contributed by atoms with van der Waals surface area (Å²) in [7, 11) is 1.47. The normalized spacial score (nSPS) is 11.8. The first kappa shape index (κ1) is 17.7. The molecule has 1 atom stereocenters. The predicted octanol–water partition coefficient (Wildman–Crippen LogP) is 3.52. The average molecular weight is 330 g/mol. The number of rotatable bonds is 7. The van der Waals surface area contributed by atoms with Gasteiger partial charge in [0.15, 0.2) is 11.5 Å². The largest absolute Gasteiger partial charge is 0.504 e. The summed E-state index contributed by atoms with van der Waals surface area (Å²) in [5.41, 5.74) is 2.33. The molecule has 2 N–H and O–H groups in total. The fourth-order valence-corrected chi connectivity index (χ4v) is 2.72. The first-order chi connectivity index (χ1) is 11.5. The molecule has 2 rings (SSSR count). The van der Waals surface area contributed by atoms with Gasteiger partial charge in [0.2, 0.25) is 0 Å². The van der Waals surface area contributed by atoms with E-state index >= 15 is 0 Å². The van der Waals surface area contributed by atoms with Crippen molar-refractivity contribution in [2.75, 3.05) is 13.7 Å². The maximum atomic E-state index is 11.8. The van der Waals surface area contributed by atoms with Crippen LogP contribution in [0.3, 0.4) is 0 Å². The van der Waals surface area contributed by atoms with Crippen molar-refractivity contribution in [2.45, 2.75) is 26.2 Å². The van der Waals surface area contributed by atoms with E-state index in [4.69, 9.17) is 9.47 Å². The number of hydrogen-bond acceptors (Lipinski definition) is 4. The number of aliphatic carboxylic acids is 1. The molecule has 0 aliphatic heterocycles. The summed E-state index contributed by atoms with van der Waals surface area (Å²) < 4.78 is 10.5. The van der Waals surface area contributed by atoms with E-state index in [-0.39, 0.29) is 12.2 Å². The Kier molecular flexibility index (Phi) is 5.68. The van der Waals surface area contributed by atoms with Crippen LogP contribution in [-0.2, 0) is 11.2 Å². The first-order valence-electron chi connectivity index (χ1n) is 7.78. The number of carbonyl (C=O) groups is 1. The van der Waals surface area contributed by atoms with Crippen LogP contribution in [-0.4, -0.2) is 29.9 Å². The molecule has 0 heterocycles. The quantitative estimate of drug-likeness (QED) is 0.812. The Morgan fingerprint density at radius 3 is 2.50 bits per heavy atom. The highest BCUT2D eigenvalue weighted by Crippen LogP contribution is 2.31. The molecule has 24 heavy (non-hydrogen) atoms. The number of hydrogen-bond donors (Lipinski definition) is 2. The second-order valence-corrected chi connectivity index (χ2v) is 5.55. The summed E-state index contributed by atoms with van der Waals surface area (Å²) >= 11 is 0. The third-order valence-corrected chi connectivity index (χ3v) is 3.91. The topological polar surface area (TPSA) is 76.0 Å². The zero-order valence-electron chi connectivity index (χ0n) is 14.1. The van der Waals surface area contributed by atoms with Gasteiger partial charge in [-0.05, 0) is 61.2 Å². The molecule has 2 aromatic carbocycles. The Morgan fingerprint density at radius 2 is 1.96 bits per heavy atom. The molecular formula is C19H22O5. The van der Waals surface area contributed by atoms with Crippen LogP contribution in [0.5, 0.6) is 17.2 Å². The Labute approximate surface area is 141 Å². The zero-order valence-corrected chi connectivity index (χ0v) is 14.1. The van der Waals surface area contributed by atoms with E-state index in [1.54, 1.807) is 30.3 Å². The lowest BCUT2D eigenvalue weighted by Crippen LogP contribution is -2.15. The maximum Gasteiger partial charge on any atom is 0.311 e. The molecule has 5 nitrogen and oxygen atoms in total. The van der Waals surface area contributed by atoms with E-state index in [0.29, 0.717) is 12.4 Å². The van der Waals surface area contributed by atoms with Gasteiger partial charge in [-0.25, -0.2) is 0 Å². The number of benzene rings is 2. The van der Waals surface area contributed by atoms with Crippen LogP contribution < -0.4 is 9.47 Å². The molecule has 0 bridgehead atoms. The smallest absolute Gasteiger partial charge is 0.311 e. The third-order valence-electron chi connectivity index (χ3n) is 3.91. The number of methoxy groups -OCH3 is 1. The van der Waals surface area contributed by atoms with E-state index in [0.717, 1.165) is 22.4 Å². The molecule has 1 unspecified atom stereocenters. The number of aromatic hydroxyl groups is 1. The number of carboxylic acid groups (broad SMARTS) is 1. The van der Waals surface area contributed by atoms with Crippen molar-refractivity contribution in [1.29, 1.82) is 0 Å². The van der Waals surface area contributed by atoms with E-state index in [1.807, 2.05) is 19.9 Å². The molecule has 0 amide bonds. The minimum absolute atomic E-state index is 0.00237. The molecule has 0 fully saturated rings. The summed E-state index contributed by atoms with van der Waals surface area (Å²) in [6.07, 6.45) is 0.279. The van der Waals surface area contributed by atoms with Crippen LogP contribution in [0.1, 0.15) is 29.5 Å². The van der Waals surface area contributed by atoms with Gasteiger partial charge in [0, 0.05) is 0 Å². The minimum Gasteiger partial charge on any atom is -0.504 e. The van der Waals surface area contributed by atoms with Crippen molar-refractivity contribution < 1.29 is 24.5 Å². The standard InChI is InChI=1S/C19H22O5/c1-4-24-14-6-7-15(12(2)9-14)16(19(21)22)10-13-5-8-18(23-3)17(20)11-13/h5-9,11,16,20H,4,10H2,1-3H3,(H,21,22). The van der Waals surface area contributed by atoms with Crippen LogP contribution in [0.4, 0.5) is 0 Å². The van der Waals surface area contributed by atoms with Gasteiger partial charge in [-0.15, -0.1) is 0 Å². The zero-order chi connectivity index (χ0) is 17.7. The van der Waals surface area contributed by atoms with Gasteiger partial charge in [-0.1, -0.05) is 12.1 Å². The van der Waals surface area contributed by atoms with E-state index in [9.17, 15) is 15.0 Å². The van der Waals surface area contributed by atoms with Gasteiger partial charge in [-0.3, -0.25) is 4.79 Å². The van der Waals surface area contributed by atoms with Crippen LogP contribution in [0, 0.1) is 6.92 Å². The third kappa shape index (κ3) is 3.98. The lowest BCUT2D eigenvalue weighted by atomic mass is 9.89. The van der Waals surface area contributed by atoms with Crippen molar-refractivity contribution in [2.24, 2.45) is 0 Å². The van der Waals surface area contributed by atoms with Crippen molar-refractivity contribution >= 4 is 5.97 Å². The molecule has 5 heteroatoms. The van der Waals surface area contributed by atoms with Gasteiger partial charge in [0.25, 0.3) is 0 Å². The Balaban J connectivity index is 2.30. The molecule has 0 spiro atoms. The number of phenolic OH excluding ortho intramolecular Hbond substituents is 1. The molecule has 0 aromatic heterocycles. The Hall–Kier alpha value is -2.69. The molecule has 2 aromatic rings. The lowest BCUT2D eigenvalue weighted by molar-refractivity contribution is -0.138. The summed E-state index contributed by atoms with van der Waals surface area (Å²) in [4.78, 5) is 11.8. The molecule has 0 radical (unpaired) electrons. The first-order valence-corrected chi connectivity index (χ1v) is 7.78. The van der Waals surface area contributed by atoms with E-state index in [1.165, 1.54) is 7.11 Å². The highest BCUT2D eigenvalue weighted by molar-refractivity contribution is 5.77. The summed E-state index contributed by atoms with van der Waals surface area (Å²) in [5, 5.41) is 19.5. The fraction of sp³-hybridized carbons (Fsp3) is 0.316. The van der Waals surface area contributed by atoms with Crippen LogP contribution in [0.2, 0.25) is 0 Å². The van der Waals surface area contributed by atoms with Crippen LogP contribution >= 0.6 is 0 Å². The molecular weight excluding hydrogens is 308 g/mol. The molecule has 0 saturated heterocycles.